The third-order valence-electron chi connectivity index (χ3n) is 3.80. The molecule has 0 aromatic rings. The van der Waals surface area contributed by atoms with Crippen LogP contribution in [0.25, 0.3) is 0 Å². The van der Waals surface area contributed by atoms with Gasteiger partial charge in [0, 0.05) is 6.42 Å². The van der Waals surface area contributed by atoms with E-state index in [-0.39, 0.29) is 24.1 Å². The molecule has 1 saturated heterocycles. The fraction of sp³-hybridized carbons (Fsp3) is 0.846. The number of hydrogen-bond acceptors (Lipinski definition) is 4. The fourth-order valence-corrected chi connectivity index (χ4v) is 2.61. The van der Waals surface area contributed by atoms with Crippen molar-refractivity contribution in [3.05, 3.63) is 0 Å². The zero-order valence-corrected chi connectivity index (χ0v) is 10.5. The quantitative estimate of drug-likeness (QED) is 0.781. The van der Waals surface area contributed by atoms with E-state index < -0.39 is 5.97 Å². The summed E-state index contributed by atoms with van der Waals surface area (Å²) in [7, 11) is 0. The number of carboxylic acid groups (broad SMARTS) is 1. The first-order valence-corrected chi connectivity index (χ1v) is 6.71. The number of aliphatic carboxylic acids is 1. The van der Waals surface area contributed by atoms with Crippen molar-refractivity contribution in [2.45, 2.75) is 51.2 Å². The van der Waals surface area contributed by atoms with Crippen LogP contribution in [0, 0.1) is 11.8 Å². The van der Waals surface area contributed by atoms with Gasteiger partial charge in [-0.25, -0.2) is 0 Å². The lowest BCUT2D eigenvalue weighted by atomic mass is 9.82. The second kappa shape index (κ2) is 6.18. The highest BCUT2D eigenvalue weighted by molar-refractivity contribution is 5.74. The first-order valence-electron chi connectivity index (χ1n) is 6.71. The van der Waals surface area contributed by atoms with Crippen molar-refractivity contribution in [2.75, 3.05) is 6.61 Å². The summed E-state index contributed by atoms with van der Waals surface area (Å²) in [5.74, 6) is -1.41. The fourth-order valence-electron chi connectivity index (χ4n) is 2.61. The molecule has 2 rings (SSSR count). The molecule has 5 nitrogen and oxygen atoms in total. The summed E-state index contributed by atoms with van der Waals surface area (Å²) in [6.07, 6.45) is 4.81. The lowest BCUT2D eigenvalue weighted by Gasteiger charge is -2.28. The average molecular weight is 256 g/mol. The zero-order chi connectivity index (χ0) is 13.0. The molecule has 1 atom stereocenters. The van der Waals surface area contributed by atoms with E-state index in [1.807, 2.05) is 0 Å². The molecule has 102 valence electrons. The van der Waals surface area contributed by atoms with E-state index in [0.29, 0.717) is 32.3 Å². The van der Waals surface area contributed by atoms with Crippen molar-refractivity contribution in [1.29, 1.82) is 0 Å². The predicted molar refractivity (Wildman–Crippen MR) is 62.8 cm³/mol. The van der Waals surface area contributed by atoms with Crippen molar-refractivity contribution in [3.8, 4) is 0 Å². The van der Waals surface area contributed by atoms with Gasteiger partial charge in [-0.2, -0.15) is 0 Å². The summed E-state index contributed by atoms with van der Waals surface area (Å²) in [5.41, 5.74) is 0. The zero-order valence-electron chi connectivity index (χ0n) is 10.5. The van der Waals surface area contributed by atoms with E-state index in [1.165, 1.54) is 0 Å². The van der Waals surface area contributed by atoms with Crippen molar-refractivity contribution in [3.63, 3.8) is 0 Å². The monoisotopic (exact) mass is 256 g/mol. The van der Waals surface area contributed by atoms with E-state index in [9.17, 15) is 9.59 Å². The van der Waals surface area contributed by atoms with Crippen molar-refractivity contribution in [2.24, 2.45) is 11.8 Å². The predicted octanol–water partition coefficient (Wildman–Crippen LogP) is 1.95. The van der Waals surface area contributed by atoms with Gasteiger partial charge in [-0.15, -0.1) is 0 Å². The first kappa shape index (κ1) is 13.3. The SMILES string of the molecule is O=C(O)C1CCC(C(=O)OC2CCCCO2)CC1. The summed E-state index contributed by atoms with van der Waals surface area (Å²) in [4.78, 5) is 22.7. The lowest BCUT2D eigenvalue weighted by Crippen LogP contribution is -2.32. The van der Waals surface area contributed by atoms with Gasteiger partial charge in [-0.05, 0) is 38.5 Å². The Morgan fingerprint density at radius 1 is 1.00 bits per heavy atom. The third kappa shape index (κ3) is 3.45. The minimum absolute atomic E-state index is 0.147. The molecule has 0 amide bonds. The minimum Gasteiger partial charge on any atom is -0.481 e. The van der Waals surface area contributed by atoms with Crippen LogP contribution < -0.4 is 0 Å². The Kier molecular flexibility index (Phi) is 4.58. The Balaban J connectivity index is 1.75. The van der Waals surface area contributed by atoms with Crippen LogP contribution in [0.15, 0.2) is 0 Å². The van der Waals surface area contributed by atoms with Gasteiger partial charge in [0.15, 0.2) is 0 Å². The van der Waals surface area contributed by atoms with Crippen LogP contribution in [-0.4, -0.2) is 29.9 Å². The molecule has 1 saturated carbocycles. The molecule has 0 spiro atoms. The summed E-state index contributed by atoms with van der Waals surface area (Å²) in [6, 6.07) is 0. The summed E-state index contributed by atoms with van der Waals surface area (Å²) >= 11 is 0. The van der Waals surface area contributed by atoms with Gasteiger partial charge in [-0.3, -0.25) is 9.59 Å². The number of rotatable bonds is 3. The molecule has 2 fully saturated rings. The molecule has 1 heterocycles. The molecule has 0 aromatic carbocycles. The highest BCUT2D eigenvalue weighted by Gasteiger charge is 2.32. The third-order valence-corrected chi connectivity index (χ3v) is 3.80. The molecule has 5 heteroatoms. The van der Waals surface area contributed by atoms with E-state index in [4.69, 9.17) is 14.6 Å². The highest BCUT2D eigenvalue weighted by Crippen LogP contribution is 2.30. The van der Waals surface area contributed by atoms with Crippen LogP contribution in [0.1, 0.15) is 44.9 Å². The van der Waals surface area contributed by atoms with Gasteiger partial charge in [0.1, 0.15) is 0 Å². The number of ether oxygens (including phenoxy) is 2. The van der Waals surface area contributed by atoms with Gasteiger partial charge in [0.25, 0.3) is 0 Å². The van der Waals surface area contributed by atoms with Crippen LogP contribution >= 0.6 is 0 Å². The second-order valence-electron chi connectivity index (χ2n) is 5.12. The largest absolute Gasteiger partial charge is 0.481 e. The Morgan fingerprint density at radius 2 is 1.67 bits per heavy atom. The lowest BCUT2D eigenvalue weighted by molar-refractivity contribution is -0.192. The second-order valence-corrected chi connectivity index (χ2v) is 5.12. The molecule has 0 aromatic heterocycles. The van der Waals surface area contributed by atoms with E-state index in [1.54, 1.807) is 0 Å². The highest BCUT2D eigenvalue weighted by atomic mass is 16.7. The van der Waals surface area contributed by atoms with Crippen LogP contribution in [0.2, 0.25) is 0 Å². The van der Waals surface area contributed by atoms with Gasteiger partial charge in [-0.1, -0.05) is 0 Å². The minimum atomic E-state index is -0.752. The molecular weight excluding hydrogens is 236 g/mol. The molecule has 1 N–H and O–H groups in total. The maximum absolute atomic E-state index is 11.9. The Morgan fingerprint density at radius 3 is 2.22 bits per heavy atom. The molecule has 0 radical (unpaired) electrons. The van der Waals surface area contributed by atoms with Crippen LogP contribution in [0.3, 0.4) is 0 Å². The standard InChI is InChI=1S/C13H20O5/c14-12(15)9-4-6-10(7-5-9)13(16)18-11-3-1-2-8-17-11/h9-11H,1-8H2,(H,14,15). The van der Waals surface area contributed by atoms with E-state index in [0.717, 1.165) is 19.3 Å². The first-order chi connectivity index (χ1) is 8.66. The Hall–Kier alpha value is -1.10. The van der Waals surface area contributed by atoms with Gasteiger partial charge >= 0.3 is 11.9 Å². The van der Waals surface area contributed by atoms with Gasteiger partial charge in [0.2, 0.25) is 6.29 Å². The summed E-state index contributed by atoms with van der Waals surface area (Å²) < 4.78 is 10.7. The number of hydrogen-bond donors (Lipinski definition) is 1. The van der Waals surface area contributed by atoms with Crippen LogP contribution in [0.5, 0.6) is 0 Å². The van der Waals surface area contributed by atoms with E-state index in [2.05, 4.69) is 0 Å². The van der Waals surface area contributed by atoms with Crippen molar-refractivity contribution in [1.82, 2.24) is 0 Å². The van der Waals surface area contributed by atoms with Crippen molar-refractivity contribution < 1.29 is 24.2 Å². The Labute approximate surface area is 106 Å². The normalized spacial score (nSPS) is 32.8. The molecule has 18 heavy (non-hydrogen) atoms. The van der Waals surface area contributed by atoms with Crippen LogP contribution in [0.4, 0.5) is 0 Å². The number of carbonyl (C=O) groups is 2. The molecule has 2 aliphatic rings. The number of esters is 1. The summed E-state index contributed by atoms with van der Waals surface area (Å²) in [5, 5.41) is 8.89. The van der Waals surface area contributed by atoms with E-state index >= 15 is 0 Å². The smallest absolute Gasteiger partial charge is 0.311 e. The number of carbonyl (C=O) groups excluding carboxylic acids is 1. The molecule has 0 bridgehead atoms. The topological polar surface area (TPSA) is 72.8 Å². The van der Waals surface area contributed by atoms with Crippen molar-refractivity contribution >= 4 is 11.9 Å². The van der Waals surface area contributed by atoms with Gasteiger partial charge < -0.3 is 14.6 Å². The molecule has 1 aliphatic heterocycles. The number of carboxylic acids is 1. The Bertz CT molecular complexity index is 301. The van der Waals surface area contributed by atoms with Crippen LogP contribution in [-0.2, 0) is 19.1 Å². The van der Waals surface area contributed by atoms with Gasteiger partial charge in [0.05, 0.1) is 18.4 Å². The molecule has 1 unspecified atom stereocenters. The molecular formula is C13H20O5. The summed E-state index contributed by atoms with van der Waals surface area (Å²) in [6.45, 7) is 0.656. The maximum atomic E-state index is 11.9. The maximum Gasteiger partial charge on any atom is 0.311 e. The average Bonchev–Trinajstić information content (AvgIpc) is 2.40. The molecule has 1 aliphatic carbocycles.